The smallest absolute Gasteiger partial charge is 0.250 e. The van der Waals surface area contributed by atoms with E-state index in [-0.39, 0.29) is 11.7 Å². The van der Waals surface area contributed by atoms with Gasteiger partial charge in [-0.25, -0.2) is 5.43 Å². The molecule has 172 valence electrons. The number of nitrogens with one attached hydrogen (secondary N) is 1. The number of furan rings is 1. The summed E-state index contributed by atoms with van der Waals surface area (Å²) in [5.74, 6) is 2.05. The first kappa shape index (κ1) is 23.1. The van der Waals surface area contributed by atoms with Crippen LogP contribution in [0.3, 0.4) is 0 Å². The Morgan fingerprint density at radius 3 is 2.68 bits per heavy atom. The van der Waals surface area contributed by atoms with Crippen molar-refractivity contribution in [2.45, 2.75) is 12.1 Å². The van der Waals surface area contributed by atoms with Gasteiger partial charge in [-0.15, -0.1) is 10.2 Å². The molecule has 1 N–H and O–H groups in total. The molecule has 0 saturated carbocycles. The lowest BCUT2D eigenvalue weighted by atomic mass is 10.2. The average molecular weight is 474 g/mol. The molecule has 0 aliphatic heterocycles. The van der Waals surface area contributed by atoms with Gasteiger partial charge in [-0.3, -0.25) is 9.36 Å². The third kappa shape index (κ3) is 6.02. The van der Waals surface area contributed by atoms with Gasteiger partial charge in [0.25, 0.3) is 5.91 Å². The number of thioether (sulfide) groups is 1. The monoisotopic (exact) mass is 473 g/mol. The molecule has 8 nitrogen and oxygen atoms in total. The maximum absolute atomic E-state index is 12.3. The fourth-order valence-electron chi connectivity index (χ4n) is 3.07. The number of allylic oxidation sites excluding steroid dienone is 1. The Bertz CT molecular complexity index is 1250. The minimum absolute atomic E-state index is 0.128. The predicted octanol–water partition coefficient (Wildman–Crippen LogP) is 4.83. The van der Waals surface area contributed by atoms with Crippen molar-refractivity contribution in [1.82, 2.24) is 20.2 Å². The van der Waals surface area contributed by atoms with Crippen LogP contribution in [-0.2, 0) is 4.79 Å². The zero-order chi connectivity index (χ0) is 23.6. The number of nitrogens with zero attached hydrogens (tertiary/aromatic N) is 4. The van der Waals surface area contributed by atoms with E-state index in [0.717, 1.165) is 17.0 Å². The lowest BCUT2D eigenvalue weighted by Gasteiger charge is -2.11. The van der Waals surface area contributed by atoms with Crippen LogP contribution in [0.15, 0.2) is 93.7 Å². The summed E-state index contributed by atoms with van der Waals surface area (Å²) in [7, 11) is 0. The van der Waals surface area contributed by atoms with E-state index in [1.54, 1.807) is 24.5 Å². The van der Waals surface area contributed by atoms with Gasteiger partial charge < -0.3 is 9.15 Å². The zero-order valence-electron chi connectivity index (χ0n) is 18.5. The number of amides is 1. The Balaban J connectivity index is 1.46. The van der Waals surface area contributed by atoms with Crippen LogP contribution in [0, 0.1) is 0 Å². The number of aromatic nitrogens is 3. The molecule has 2 aromatic carbocycles. The summed E-state index contributed by atoms with van der Waals surface area (Å²) in [5, 5.41) is 13.3. The Morgan fingerprint density at radius 1 is 1.12 bits per heavy atom. The van der Waals surface area contributed by atoms with Crippen molar-refractivity contribution in [3.05, 3.63) is 84.8 Å². The van der Waals surface area contributed by atoms with Crippen molar-refractivity contribution in [2.75, 3.05) is 12.4 Å². The highest BCUT2D eigenvalue weighted by molar-refractivity contribution is 7.99. The Morgan fingerprint density at radius 2 is 1.94 bits per heavy atom. The van der Waals surface area contributed by atoms with E-state index in [2.05, 4.69) is 20.7 Å². The number of carbonyl (C=O) groups excluding carboxylic acids is 1. The average Bonchev–Trinajstić information content (AvgIpc) is 3.54. The van der Waals surface area contributed by atoms with Crippen LogP contribution in [-0.4, -0.2) is 39.2 Å². The van der Waals surface area contributed by atoms with E-state index >= 15 is 0 Å². The second kappa shape index (κ2) is 11.7. The van der Waals surface area contributed by atoms with Crippen molar-refractivity contribution in [3.63, 3.8) is 0 Å². The minimum atomic E-state index is -0.254. The molecule has 0 saturated heterocycles. The van der Waals surface area contributed by atoms with Crippen LogP contribution in [0.5, 0.6) is 5.75 Å². The van der Waals surface area contributed by atoms with Gasteiger partial charge in [0.15, 0.2) is 11.0 Å². The van der Waals surface area contributed by atoms with Crippen LogP contribution in [0.2, 0.25) is 0 Å². The van der Waals surface area contributed by atoms with E-state index in [0.29, 0.717) is 23.3 Å². The molecule has 0 bridgehead atoms. The van der Waals surface area contributed by atoms with E-state index in [1.165, 1.54) is 18.0 Å². The topological polar surface area (TPSA) is 94.5 Å². The maximum atomic E-state index is 12.3. The molecule has 4 rings (SSSR count). The summed E-state index contributed by atoms with van der Waals surface area (Å²) >= 11 is 1.28. The molecule has 2 aromatic heterocycles. The van der Waals surface area contributed by atoms with Gasteiger partial charge in [0.05, 0.1) is 18.6 Å². The van der Waals surface area contributed by atoms with Gasteiger partial charge in [-0.05, 0) is 55.5 Å². The van der Waals surface area contributed by atoms with Crippen LogP contribution in [0.25, 0.3) is 23.2 Å². The molecule has 9 heteroatoms. The summed E-state index contributed by atoms with van der Waals surface area (Å²) in [6, 6.07) is 21.1. The molecule has 2 heterocycles. The van der Waals surface area contributed by atoms with Crippen LogP contribution >= 0.6 is 11.8 Å². The molecule has 0 radical (unpaired) electrons. The molecule has 34 heavy (non-hydrogen) atoms. The maximum Gasteiger partial charge on any atom is 0.250 e. The molecule has 0 aliphatic carbocycles. The number of ether oxygens (including phenoxy) is 1. The van der Waals surface area contributed by atoms with E-state index < -0.39 is 0 Å². The largest absolute Gasteiger partial charge is 0.494 e. The van der Waals surface area contributed by atoms with Gasteiger partial charge in [0.1, 0.15) is 11.5 Å². The second-order valence-electron chi connectivity index (χ2n) is 6.91. The molecule has 1 amide bonds. The first-order chi connectivity index (χ1) is 16.7. The molecule has 4 aromatic rings. The number of hydrogen-bond acceptors (Lipinski definition) is 7. The van der Waals surface area contributed by atoms with Crippen LogP contribution in [0.4, 0.5) is 0 Å². The van der Waals surface area contributed by atoms with Crippen LogP contribution in [0.1, 0.15) is 12.7 Å². The Hall–Kier alpha value is -4.11. The molecule has 0 spiro atoms. The number of rotatable bonds is 10. The third-order valence-corrected chi connectivity index (χ3v) is 5.49. The minimum Gasteiger partial charge on any atom is -0.494 e. The summed E-state index contributed by atoms with van der Waals surface area (Å²) < 4.78 is 12.7. The summed E-state index contributed by atoms with van der Waals surface area (Å²) in [4.78, 5) is 12.3. The number of benzene rings is 2. The van der Waals surface area contributed by atoms with Gasteiger partial charge in [-0.2, -0.15) is 5.10 Å². The Kier molecular flexibility index (Phi) is 7.91. The van der Waals surface area contributed by atoms with Crippen molar-refractivity contribution in [3.8, 4) is 22.8 Å². The lowest BCUT2D eigenvalue weighted by Crippen LogP contribution is -2.19. The Labute approximate surface area is 201 Å². The van der Waals surface area contributed by atoms with Crippen molar-refractivity contribution in [1.29, 1.82) is 0 Å². The SMILES string of the molecule is CCOc1ccc(-n2c(SCC(=O)NN=CC=Cc3ccco3)nnc2-c2ccccc2)cc1. The van der Waals surface area contributed by atoms with E-state index in [4.69, 9.17) is 9.15 Å². The molecular weight excluding hydrogens is 450 g/mol. The number of hydrogen-bond donors (Lipinski definition) is 1. The molecule has 0 unspecified atom stereocenters. The van der Waals surface area contributed by atoms with Gasteiger partial charge in [0.2, 0.25) is 0 Å². The normalized spacial score (nSPS) is 11.3. The fourth-order valence-corrected chi connectivity index (χ4v) is 3.81. The van der Waals surface area contributed by atoms with Crippen molar-refractivity contribution in [2.24, 2.45) is 5.10 Å². The van der Waals surface area contributed by atoms with E-state index in [1.807, 2.05) is 72.2 Å². The number of carbonyl (C=O) groups is 1. The zero-order valence-corrected chi connectivity index (χ0v) is 19.3. The lowest BCUT2D eigenvalue weighted by molar-refractivity contribution is -0.118. The van der Waals surface area contributed by atoms with Gasteiger partial charge >= 0.3 is 0 Å². The van der Waals surface area contributed by atoms with Crippen molar-refractivity contribution >= 4 is 30.0 Å². The summed E-state index contributed by atoms with van der Waals surface area (Å²) in [6.45, 7) is 2.54. The molecular formula is C25H23N5O3S. The molecule has 0 fully saturated rings. The quantitative estimate of drug-likeness (QED) is 0.201. The highest BCUT2D eigenvalue weighted by Crippen LogP contribution is 2.28. The molecule has 0 aliphatic rings. The predicted molar refractivity (Wildman–Crippen MR) is 133 cm³/mol. The second-order valence-corrected chi connectivity index (χ2v) is 7.85. The van der Waals surface area contributed by atoms with Gasteiger partial charge in [-0.1, -0.05) is 42.1 Å². The summed E-state index contributed by atoms with van der Waals surface area (Å²) in [6.07, 6.45) is 6.50. The standard InChI is InChI=1S/C25H23N5O3S/c1-2-32-22-14-12-20(13-15-22)30-24(19-8-4-3-5-9-19)28-29-25(30)34-18-23(31)27-26-16-6-10-21-11-7-17-33-21/h3-17H,2,18H2,1H3,(H,27,31). The third-order valence-electron chi connectivity index (χ3n) is 4.56. The van der Waals surface area contributed by atoms with Crippen molar-refractivity contribution < 1.29 is 13.9 Å². The van der Waals surface area contributed by atoms with E-state index in [9.17, 15) is 4.79 Å². The summed E-state index contributed by atoms with van der Waals surface area (Å²) in [5.41, 5.74) is 4.30. The fraction of sp³-hybridized carbons (Fsp3) is 0.120. The van der Waals surface area contributed by atoms with Gasteiger partial charge in [0, 0.05) is 17.5 Å². The number of hydrazone groups is 1. The first-order valence-electron chi connectivity index (χ1n) is 10.6. The highest BCUT2D eigenvalue weighted by Gasteiger charge is 2.17. The van der Waals surface area contributed by atoms with Crippen LogP contribution < -0.4 is 10.2 Å². The highest BCUT2D eigenvalue weighted by atomic mass is 32.2. The molecule has 0 atom stereocenters. The first-order valence-corrected chi connectivity index (χ1v) is 11.6.